The van der Waals surface area contributed by atoms with Gasteiger partial charge in [-0.2, -0.15) is 0 Å². The van der Waals surface area contributed by atoms with Crippen molar-refractivity contribution >= 4 is 121 Å². The topological polar surface area (TPSA) is 132 Å². The molecule has 0 aliphatic heterocycles. The number of carbonyl (C=O) groups is 3. The summed E-state index contributed by atoms with van der Waals surface area (Å²) in [4.78, 5) is 30.5. The van der Waals surface area contributed by atoms with Crippen LogP contribution in [-0.2, 0) is 14.4 Å². The van der Waals surface area contributed by atoms with Crippen molar-refractivity contribution in [3.63, 3.8) is 0 Å². The first kappa shape index (κ1) is 21.9. The van der Waals surface area contributed by atoms with E-state index >= 15 is 0 Å². The van der Waals surface area contributed by atoms with E-state index in [1.165, 1.54) is 0 Å². The van der Waals surface area contributed by atoms with Crippen molar-refractivity contribution in [2.75, 3.05) is 0 Å². The molecule has 0 amide bonds. The van der Waals surface area contributed by atoms with Gasteiger partial charge in [0.2, 0.25) is 0 Å². The summed E-state index contributed by atoms with van der Waals surface area (Å²) < 4.78 is 0. The maximum atomic E-state index is 10.3. The van der Waals surface area contributed by atoms with Crippen molar-refractivity contribution in [3.05, 3.63) is 0 Å². The average molecular weight is 272 g/mol. The zero-order valence-electron chi connectivity index (χ0n) is 6.43. The van der Waals surface area contributed by atoms with Gasteiger partial charge in [-0.15, -0.1) is 0 Å². The van der Waals surface area contributed by atoms with Crippen LogP contribution in [0.5, 0.6) is 0 Å². The molecule has 0 aromatic carbocycles. The van der Waals surface area contributed by atoms with Gasteiger partial charge < -0.3 is 20.4 Å². The number of carboxylic acids is 3. The van der Waals surface area contributed by atoms with Gasteiger partial charge in [-0.05, 0) is 0 Å². The SMILES string of the molecule is O=C(O)CC(O)(CC(=O)O)C(=O)O.[KH].[KH]. The molecule has 0 spiro atoms. The van der Waals surface area contributed by atoms with Crippen LogP contribution in [-0.4, -0.2) is 147 Å². The molecule has 78 valence electrons. The standard InChI is InChI=1S/C6H8O7.2K.2H/c7-3(8)1-6(13,5(11)12)2-4(9)10;;;;/h13H,1-2H2,(H,7,8)(H,9,10)(H,11,12);;;;. The predicted octanol–water partition coefficient (Wildman–Crippen LogP) is -2.55. The van der Waals surface area contributed by atoms with E-state index in [0.717, 1.165) is 0 Å². The van der Waals surface area contributed by atoms with Crippen molar-refractivity contribution in [2.45, 2.75) is 18.4 Å². The van der Waals surface area contributed by atoms with Crippen LogP contribution in [0.25, 0.3) is 0 Å². The number of carboxylic acid groups (broad SMARTS) is 3. The Morgan fingerprint density at radius 1 is 0.867 bits per heavy atom. The van der Waals surface area contributed by atoms with E-state index in [4.69, 9.17) is 20.4 Å². The van der Waals surface area contributed by atoms with E-state index in [1.807, 2.05) is 0 Å². The molecule has 0 aromatic rings. The summed E-state index contributed by atoms with van der Waals surface area (Å²) in [5, 5.41) is 33.8. The Balaban J connectivity index is -0.000000720. The molecule has 0 saturated carbocycles. The van der Waals surface area contributed by atoms with Gasteiger partial charge >= 0.3 is 121 Å². The van der Waals surface area contributed by atoms with E-state index in [1.54, 1.807) is 0 Å². The Hall–Kier alpha value is 1.64. The Kier molecular flexibility index (Phi) is 14.1. The van der Waals surface area contributed by atoms with Crippen LogP contribution < -0.4 is 0 Å². The van der Waals surface area contributed by atoms with Gasteiger partial charge in [0.1, 0.15) is 0 Å². The molecule has 0 aliphatic rings. The van der Waals surface area contributed by atoms with E-state index in [2.05, 4.69) is 0 Å². The molecule has 0 rings (SSSR count). The fourth-order valence-corrected chi connectivity index (χ4v) is 0.714. The molecule has 0 aliphatic carbocycles. The summed E-state index contributed by atoms with van der Waals surface area (Å²) in [6.45, 7) is 0. The third-order valence-electron chi connectivity index (χ3n) is 1.29. The molecule has 0 atom stereocenters. The van der Waals surface area contributed by atoms with Crippen molar-refractivity contribution in [1.29, 1.82) is 0 Å². The summed E-state index contributed by atoms with van der Waals surface area (Å²) in [6, 6.07) is 0. The first-order valence-corrected chi connectivity index (χ1v) is 3.17. The zero-order valence-corrected chi connectivity index (χ0v) is 6.43. The zero-order chi connectivity index (χ0) is 10.6. The molecule has 0 unspecified atom stereocenters. The van der Waals surface area contributed by atoms with Crippen molar-refractivity contribution in [3.8, 4) is 0 Å². The van der Waals surface area contributed by atoms with Crippen LogP contribution in [0, 0.1) is 0 Å². The summed E-state index contributed by atoms with van der Waals surface area (Å²) in [5.74, 6) is -5.02. The van der Waals surface area contributed by atoms with Gasteiger partial charge in [0.25, 0.3) is 0 Å². The van der Waals surface area contributed by atoms with Crippen LogP contribution in [0.1, 0.15) is 12.8 Å². The van der Waals surface area contributed by atoms with Crippen LogP contribution in [0.2, 0.25) is 0 Å². The van der Waals surface area contributed by atoms with Crippen LogP contribution >= 0.6 is 0 Å². The molecule has 0 heterocycles. The van der Waals surface area contributed by atoms with E-state index in [9.17, 15) is 14.4 Å². The molecule has 0 fully saturated rings. The molecular weight excluding hydrogens is 262 g/mol. The molecule has 0 bridgehead atoms. The monoisotopic (exact) mass is 272 g/mol. The molecule has 4 N–H and O–H groups in total. The average Bonchev–Trinajstić information content (AvgIpc) is 1.82. The van der Waals surface area contributed by atoms with Gasteiger partial charge in [0, 0.05) is 0 Å². The molecule has 15 heavy (non-hydrogen) atoms. The summed E-state index contributed by atoms with van der Waals surface area (Å²) in [7, 11) is 0. The molecule has 0 saturated heterocycles. The molecule has 0 aromatic heterocycles. The van der Waals surface area contributed by atoms with E-state index < -0.39 is 36.4 Å². The minimum absolute atomic E-state index is 0. The van der Waals surface area contributed by atoms with Crippen molar-refractivity contribution in [2.24, 2.45) is 0 Å². The van der Waals surface area contributed by atoms with Gasteiger partial charge in [-0.1, -0.05) is 0 Å². The second-order valence-corrected chi connectivity index (χ2v) is 2.48. The molecule has 7 nitrogen and oxygen atoms in total. The van der Waals surface area contributed by atoms with Gasteiger partial charge in [-0.25, -0.2) is 4.79 Å². The van der Waals surface area contributed by atoms with Crippen molar-refractivity contribution in [1.82, 2.24) is 0 Å². The molecule has 0 radical (unpaired) electrons. The van der Waals surface area contributed by atoms with E-state index in [0.29, 0.717) is 0 Å². The fourth-order valence-electron chi connectivity index (χ4n) is 0.714. The third-order valence-corrected chi connectivity index (χ3v) is 1.29. The van der Waals surface area contributed by atoms with Gasteiger partial charge in [0.05, 0.1) is 12.8 Å². The predicted molar refractivity (Wildman–Crippen MR) is 51.4 cm³/mol. The first-order chi connectivity index (χ1) is 5.78. The minimum atomic E-state index is -2.74. The van der Waals surface area contributed by atoms with Crippen LogP contribution in [0.15, 0.2) is 0 Å². The number of hydrogen-bond acceptors (Lipinski definition) is 4. The Bertz CT molecular complexity index is 236. The first-order valence-electron chi connectivity index (χ1n) is 3.17. The Labute approximate surface area is 170 Å². The molecular formula is C6H10K2O7. The number of rotatable bonds is 5. The second-order valence-electron chi connectivity index (χ2n) is 2.48. The number of aliphatic carboxylic acids is 3. The summed E-state index contributed by atoms with van der Waals surface area (Å²) in [6.07, 6.45) is -2.29. The Morgan fingerprint density at radius 3 is 1.27 bits per heavy atom. The summed E-state index contributed by atoms with van der Waals surface area (Å²) >= 11 is 0. The third kappa shape index (κ3) is 9.35. The fraction of sp³-hybridized carbons (Fsp3) is 0.500. The van der Waals surface area contributed by atoms with Crippen molar-refractivity contribution < 1.29 is 34.8 Å². The summed E-state index contributed by atoms with van der Waals surface area (Å²) in [5.41, 5.74) is -2.74. The van der Waals surface area contributed by atoms with Gasteiger partial charge in [0.15, 0.2) is 5.60 Å². The normalized spacial score (nSPS) is 9.40. The van der Waals surface area contributed by atoms with Crippen LogP contribution in [0.3, 0.4) is 0 Å². The van der Waals surface area contributed by atoms with E-state index in [-0.39, 0.29) is 103 Å². The second kappa shape index (κ2) is 9.65. The maximum absolute atomic E-state index is 10.3. The van der Waals surface area contributed by atoms with Crippen LogP contribution in [0.4, 0.5) is 0 Å². The Morgan fingerprint density at radius 2 is 1.13 bits per heavy atom. The number of aliphatic hydroxyl groups is 1. The number of hydrogen-bond donors (Lipinski definition) is 4. The van der Waals surface area contributed by atoms with Gasteiger partial charge in [-0.3, -0.25) is 9.59 Å². The quantitative estimate of drug-likeness (QED) is 0.405. The molecule has 9 heteroatoms.